The zero-order valence-corrected chi connectivity index (χ0v) is 11.7. The lowest BCUT2D eigenvalue weighted by Crippen LogP contribution is -2.35. The SMILES string of the molecule is Cc1ccc(C)c(N2C=C(C#N)N(C)[C@@H]2C)c1C. The van der Waals surface area contributed by atoms with E-state index in [4.69, 9.17) is 5.26 Å². The molecule has 0 aliphatic carbocycles. The van der Waals surface area contributed by atoms with E-state index in [0.717, 1.165) is 0 Å². The van der Waals surface area contributed by atoms with Crippen LogP contribution in [0.25, 0.3) is 0 Å². The van der Waals surface area contributed by atoms with Crippen LogP contribution in [0.5, 0.6) is 0 Å². The molecule has 18 heavy (non-hydrogen) atoms. The van der Waals surface area contributed by atoms with Crippen LogP contribution < -0.4 is 4.90 Å². The lowest BCUT2D eigenvalue weighted by Gasteiger charge is -2.30. The maximum absolute atomic E-state index is 9.13. The van der Waals surface area contributed by atoms with Gasteiger partial charge in [0.25, 0.3) is 0 Å². The summed E-state index contributed by atoms with van der Waals surface area (Å²) < 4.78 is 0. The summed E-state index contributed by atoms with van der Waals surface area (Å²) in [5.74, 6) is 0. The highest BCUT2D eigenvalue weighted by molar-refractivity contribution is 5.65. The predicted octanol–water partition coefficient (Wildman–Crippen LogP) is 3.07. The number of hydrogen-bond acceptors (Lipinski definition) is 3. The fourth-order valence-corrected chi connectivity index (χ4v) is 2.41. The van der Waals surface area contributed by atoms with Crippen molar-refractivity contribution in [3.8, 4) is 6.07 Å². The maximum atomic E-state index is 9.13. The van der Waals surface area contributed by atoms with E-state index in [1.54, 1.807) is 0 Å². The van der Waals surface area contributed by atoms with Crippen molar-refractivity contribution < 1.29 is 0 Å². The number of nitriles is 1. The van der Waals surface area contributed by atoms with E-state index < -0.39 is 0 Å². The van der Waals surface area contributed by atoms with E-state index in [0.29, 0.717) is 5.70 Å². The Labute approximate surface area is 109 Å². The van der Waals surface area contributed by atoms with Crippen LogP contribution in [-0.2, 0) is 0 Å². The Balaban J connectivity index is 2.55. The molecular weight excluding hydrogens is 222 g/mol. The molecule has 0 saturated heterocycles. The average Bonchev–Trinajstić information content (AvgIpc) is 2.62. The molecule has 2 rings (SSSR count). The van der Waals surface area contributed by atoms with Crippen molar-refractivity contribution in [1.82, 2.24) is 4.90 Å². The van der Waals surface area contributed by atoms with Crippen molar-refractivity contribution in [3.63, 3.8) is 0 Å². The molecule has 94 valence electrons. The number of nitrogens with zero attached hydrogens (tertiary/aromatic N) is 3. The summed E-state index contributed by atoms with van der Waals surface area (Å²) in [7, 11) is 1.96. The minimum Gasteiger partial charge on any atom is -0.344 e. The second kappa shape index (κ2) is 4.38. The molecule has 1 heterocycles. The van der Waals surface area contributed by atoms with Crippen molar-refractivity contribution in [3.05, 3.63) is 40.7 Å². The molecule has 0 spiro atoms. The van der Waals surface area contributed by atoms with Crippen molar-refractivity contribution in [2.45, 2.75) is 33.9 Å². The van der Waals surface area contributed by atoms with Gasteiger partial charge in [-0.05, 0) is 44.4 Å². The summed E-state index contributed by atoms with van der Waals surface area (Å²) in [5, 5.41) is 9.13. The second-order valence-corrected chi connectivity index (χ2v) is 4.95. The van der Waals surface area contributed by atoms with Crippen LogP contribution in [0.15, 0.2) is 24.0 Å². The van der Waals surface area contributed by atoms with E-state index in [1.165, 1.54) is 22.4 Å². The summed E-state index contributed by atoms with van der Waals surface area (Å²) in [6.45, 7) is 8.50. The van der Waals surface area contributed by atoms with Crippen molar-refractivity contribution in [1.29, 1.82) is 5.26 Å². The molecule has 0 fully saturated rings. The highest BCUT2D eigenvalue weighted by atomic mass is 15.4. The topological polar surface area (TPSA) is 30.3 Å². The predicted molar refractivity (Wildman–Crippen MR) is 74.1 cm³/mol. The Bertz CT molecular complexity index is 552. The lowest BCUT2D eigenvalue weighted by atomic mass is 10.0. The summed E-state index contributed by atoms with van der Waals surface area (Å²) >= 11 is 0. The average molecular weight is 241 g/mol. The minimum absolute atomic E-state index is 0.179. The molecule has 0 amide bonds. The molecule has 0 saturated carbocycles. The number of anilines is 1. The molecule has 0 radical (unpaired) electrons. The Morgan fingerprint density at radius 1 is 1.17 bits per heavy atom. The Morgan fingerprint density at radius 3 is 2.33 bits per heavy atom. The Hall–Kier alpha value is -1.95. The first-order valence-electron chi connectivity index (χ1n) is 6.17. The van der Waals surface area contributed by atoms with Gasteiger partial charge in [0.05, 0.1) is 0 Å². The summed E-state index contributed by atoms with van der Waals surface area (Å²) in [6, 6.07) is 6.53. The van der Waals surface area contributed by atoms with Gasteiger partial charge in [-0.2, -0.15) is 5.26 Å². The van der Waals surface area contributed by atoms with Crippen LogP contribution in [0.3, 0.4) is 0 Å². The van der Waals surface area contributed by atoms with Crippen LogP contribution in [0.2, 0.25) is 0 Å². The van der Waals surface area contributed by atoms with E-state index in [2.05, 4.69) is 50.8 Å². The number of benzene rings is 1. The van der Waals surface area contributed by atoms with Crippen molar-refractivity contribution in [2.75, 3.05) is 11.9 Å². The highest BCUT2D eigenvalue weighted by Crippen LogP contribution is 2.33. The van der Waals surface area contributed by atoms with Crippen LogP contribution in [-0.4, -0.2) is 18.1 Å². The molecule has 0 bridgehead atoms. The fourth-order valence-electron chi connectivity index (χ4n) is 2.41. The Morgan fingerprint density at radius 2 is 1.78 bits per heavy atom. The third-order valence-corrected chi connectivity index (χ3v) is 3.88. The lowest BCUT2D eigenvalue weighted by molar-refractivity contribution is 0.367. The van der Waals surface area contributed by atoms with Crippen molar-refractivity contribution in [2.24, 2.45) is 0 Å². The zero-order chi connectivity index (χ0) is 13.4. The molecule has 1 atom stereocenters. The van der Waals surface area contributed by atoms with Crippen LogP contribution in [0.4, 0.5) is 5.69 Å². The van der Waals surface area contributed by atoms with E-state index in [-0.39, 0.29) is 6.17 Å². The van der Waals surface area contributed by atoms with Crippen LogP contribution in [0.1, 0.15) is 23.6 Å². The molecule has 1 aromatic rings. The molecular formula is C15H19N3. The molecule has 1 aliphatic rings. The summed E-state index contributed by atoms with van der Waals surface area (Å²) in [5.41, 5.74) is 5.74. The molecule has 1 aliphatic heterocycles. The van der Waals surface area contributed by atoms with Gasteiger partial charge in [0, 0.05) is 18.9 Å². The number of allylic oxidation sites excluding steroid dienone is 1. The molecule has 1 aromatic carbocycles. The number of aryl methyl sites for hydroxylation is 2. The van der Waals surface area contributed by atoms with E-state index >= 15 is 0 Å². The third kappa shape index (κ3) is 1.74. The maximum Gasteiger partial charge on any atom is 0.134 e. The summed E-state index contributed by atoms with van der Waals surface area (Å²) in [6.07, 6.45) is 2.12. The quantitative estimate of drug-likeness (QED) is 0.757. The smallest absolute Gasteiger partial charge is 0.134 e. The number of rotatable bonds is 1. The van der Waals surface area contributed by atoms with Gasteiger partial charge in [-0.3, -0.25) is 0 Å². The van der Waals surface area contributed by atoms with Gasteiger partial charge in [0.2, 0.25) is 0 Å². The van der Waals surface area contributed by atoms with Gasteiger partial charge in [0.15, 0.2) is 0 Å². The van der Waals surface area contributed by atoms with E-state index in [1.807, 2.05) is 18.1 Å². The molecule has 0 unspecified atom stereocenters. The van der Waals surface area contributed by atoms with Gasteiger partial charge in [-0.15, -0.1) is 0 Å². The molecule has 3 nitrogen and oxygen atoms in total. The van der Waals surface area contributed by atoms with Crippen LogP contribution in [0, 0.1) is 32.1 Å². The fraction of sp³-hybridized carbons (Fsp3) is 0.400. The first-order chi connectivity index (χ1) is 8.47. The summed E-state index contributed by atoms with van der Waals surface area (Å²) in [4.78, 5) is 4.19. The third-order valence-electron chi connectivity index (χ3n) is 3.88. The first-order valence-corrected chi connectivity index (χ1v) is 6.17. The monoisotopic (exact) mass is 241 g/mol. The molecule has 0 N–H and O–H groups in total. The normalized spacial score (nSPS) is 18.9. The molecule has 0 aromatic heterocycles. The van der Waals surface area contributed by atoms with Gasteiger partial charge >= 0.3 is 0 Å². The van der Waals surface area contributed by atoms with Gasteiger partial charge in [0.1, 0.15) is 17.9 Å². The van der Waals surface area contributed by atoms with Crippen LogP contribution >= 0.6 is 0 Å². The number of hydrogen-bond donors (Lipinski definition) is 0. The minimum atomic E-state index is 0.179. The van der Waals surface area contributed by atoms with E-state index in [9.17, 15) is 0 Å². The Kier molecular flexibility index (Phi) is 3.04. The van der Waals surface area contributed by atoms with Gasteiger partial charge < -0.3 is 9.80 Å². The van der Waals surface area contributed by atoms with Crippen molar-refractivity contribution >= 4 is 5.69 Å². The van der Waals surface area contributed by atoms with Gasteiger partial charge in [-0.1, -0.05) is 12.1 Å². The second-order valence-electron chi connectivity index (χ2n) is 4.95. The van der Waals surface area contributed by atoms with Gasteiger partial charge in [-0.25, -0.2) is 0 Å². The standard InChI is InChI=1S/C15H19N3/c1-10-6-7-11(2)15(12(10)3)18-9-14(8-16)17(5)13(18)4/h6-7,9,13H,1-5H3/t13-/m0/s1. The molecule has 3 heteroatoms. The highest BCUT2D eigenvalue weighted by Gasteiger charge is 2.28. The zero-order valence-electron chi connectivity index (χ0n) is 11.7. The largest absolute Gasteiger partial charge is 0.344 e. The first kappa shape index (κ1) is 12.5.